The molecule has 0 spiro atoms. The molecule has 22 heavy (non-hydrogen) atoms. The summed E-state index contributed by atoms with van der Waals surface area (Å²) >= 11 is 0. The highest BCUT2D eigenvalue weighted by molar-refractivity contribution is 6.34. The summed E-state index contributed by atoms with van der Waals surface area (Å²) in [4.78, 5) is 31.4. The van der Waals surface area contributed by atoms with Crippen LogP contribution < -0.4 is 11.2 Å². The molecule has 0 unspecified atom stereocenters. The number of nitro benzene ring substituents is 1. The lowest BCUT2D eigenvalue weighted by atomic mass is 10.1. The summed E-state index contributed by atoms with van der Waals surface area (Å²) in [6.07, 6.45) is 1.19. The van der Waals surface area contributed by atoms with Crippen molar-refractivity contribution in [1.82, 2.24) is 5.43 Å². The third-order valence-electron chi connectivity index (χ3n) is 2.57. The van der Waals surface area contributed by atoms with Crippen molar-refractivity contribution >= 4 is 23.7 Å². The molecule has 2 amide bonds. The molecule has 0 saturated carbocycles. The predicted molar refractivity (Wildman–Crippen MR) is 75.7 cm³/mol. The highest BCUT2D eigenvalue weighted by Crippen LogP contribution is 2.23. The first-order valence-electron chi connectivity index (χ1n) is 5.95. The second-order valence-electron chi connectivity index (χ2n) is 4.07. The Kier molecular flexibility index (Phi) is 4.27. The SMILES string of the molecule is NC(=O)C(=O)N/N=C/c1ccc(-c2ccc([N+](=O)[O-])cc2)o1. The smallest absolute Gasteiger partial charge is 0.329 e. The van der Waals surface area contributed by atoms with E-state index in [1.807, 2.05) is 5.43 Å². The molecular weight excluding hydrogens is 292 g/mol. The number of benzene rings is 1. The van der Waals surface area contributed by atoms with Gasteiger partial charge in [0.2, 0.25) is 0 Å². The van der Waals surface area contributed by atoms with E-state index < -0.39 is 16.7 Å². The molecule has 0 aliphatic carbocycles. The number of nitrogens with zero attached hydrogens (tertiary/aromatic N) is 2. The Morgan fingerprint density at radius 2 is 1.91 bits per heavy atom. The van der Waals surface area contributed by atoms with Gasteiger partial charge in [-0.15, -0.1) is 0 Å². The fourth-order valence-electron chi connectivity index (χ4n) is 1.53. The number of furan rings is 1. The van der Waals surface area contributed by atoms with E-state index in [9.17, 15) is 19.7 Å². The van der Waals surface area contributed by atoms with E-state index in [1.165, 1.54) is 18.3 Å². The first kappa shape index (κ1) is 14.9. The number of hydrazone groups is 1. The number of amides is 2. The molecule has 0 aliphatic rings. The standard InChI is InChI=1S/C13H10N4O5/c14-12(18)13(19)16-15-7-10-5-6-11(22-10)8-1-3-9(4-2-8)17(20)21/h1-7H,(H2,14,18)(H,16,19)/b15-7+. The summed E-state index contributed by atoms with van der Waals surface area (Å²) in [6.45, 7) is 0. The molecule has 1 aromatic heterocycles. The van der Waals surface area contributed by atoms with Crippen LogP contribution in [0.1, 0.15) is 5.76 Å². The van der Waals surface area contributed by atoms with E-state index in [4.69, 9.17) is 10.2 Å². The molecule has 0 aliphatic heterocycles. The van der Waals surface area contributed by atoms with Crippen LogP contribution in [-0.2, 0) is 9.59 Å². The number of primary amides is 1. The third-order valence-corrected chi connectivity index (χ3v) is 2.57. The van der Waals surface area contributed by atoms with Gasteiger partial charge in [0.25, 0.3) is 5.69 Å². The van der Waals surface area contributed by atoms with Gasteiger partial charge in [-0.2, -0.15) is 5.10 Å². The van der Waals surface area contributed by atoms with E-state index in [0.717, 1.165) is 0 Å². The fraction of sp³-hybridized carbons (Fsp3) is 0. The average molecular weight is 302 g/mol. The van der Waals surface area contributed by atoms with Gasteiger partial charge >= 0.3 is 11.8 Å². The van der Waals surface area contributed by atoms with Crippen LogP contribution in [0.15, 0.2) is 45.9 Å². The highest BCUT2D eigenvalue weighted by atomic mass is 16.6. The number of rotatable bonds is 4. The van der Waals surface area contributed by atoms with Gasteiger partial charge in [-0.25, -0.2) is 5.43 Å². The van der Waals surface area contributed by atoms with E-state index in [2.05, 4.69) is 5.10 Å². The number of hydrogen-bond acceptors (Lipinski definition) is 6. The van der Waals surface area contributed by atoms with Crippen molar-refractivity contribution in [2.45, 2.75) is 0 Å². The zero-order valence-electron chi connectivity index (χ0n) is 11.1. The van der Waals surface area contributed by atoms with E-state index in [-0.39, 0.29) is 5.69 Å². The normalized spacial score (nSPS) is 10.5. The monoisotopic (exact) mass is 302 g/mol. The molecule has 0 saturated heterocycles. The fourth-order valence-corrected chi connectivity index (χ4v) is 1.53. The lowest BCUT2D eigenvalue weighted by molar-refractivity contribution is -0.384. The molecule has 2 aromatic rings. The van der Waals surface area contributed by atoms with Crippen LogP contribution in [0.2, 0.25) is 0 Å². The molecule has 0 atom stereocenters. The van der Waals surface area contributed by atoms with Crippen LogP contribution in [-0.4, -0.2) is 23.0 Å². The number of nitrogens with two attached hydrogens (primary N) is 1. The minimum absolute atomic E-state index is 0.0220. The van der Waals surface area contributed by atoms with E-state index in [0.29, 0.717) is 17.1 Å². The van der Waals surface area contributed by atoms with Crippen molar-refractivity contribution in [3.05, 3.63) is 52.3 Å². The first-order valence-corrected chi connectivity index (χ1v) is 5.95. The summed E-state index contributed by atoms with van der Waals surface area (Å²) < 4.78 is 5.43. The topological polar surface area (TPSA) is 141 Å². The lowest BCUT2D eigenvalue weighted by Crippen LogP contribution is -2.32. The van der Waals surface area contributed by atoms with Crippen molar-refractivity contribution in [3.63, 3.8) is 0 Å². The molecule has 0 fully saturated rings. The molecule has 0 bridgehead atoms. The first-order chi connectivity index (χ1) is 10.5. The quantitative estimate of drug-likeness (QED) is 0.371. The number of hydrogen-bond donors (Lipinski definition) is 2. The summed E-state index contributed by atoms with van der Waals surface area (Å²) in [5.74, 6) is -1.41. The van der Waals surface area contributed by atoms with Crippen LogP contribution in [0.4, 0.5) is 5.69 Å². The molecule has 0 radical (unpaired) electrons. The van der Waals surface area contributed by atoms with Crippen LogP contribution in [0, 0.1) is 10.1 Å². The highest BCUT2D eigenvalue weighted by Gasteiger charge is 2.08. The minimum atomic E-state index is -1.15. The largest absolute Gasteiger partial charge is 0.455 e. The zero-order valence-corrected chi connectivity index (χ0v) is 11.1. The van der Waals surface area contributed by atoms with Gasteiger partial charge in [-0.3, -0.25) is 19.7 Å². The maximum Gasteiger partial charge on any atom is 0.329 e. The Morgan fingerprint density at radius 1 is 1.23 bits per heavy atom. The van der Waals surface area contributed by atoms with Crippen LogP contribution in [0.5, 0.6) is 0 Å². The zero-order chi connectivity index (χ0) is 16.1. The van der Waals surface area contributed by atoms with Gasteiger partial charge in [0.15, 0.2) is 0 Å². The van der Waals surface area contributed by atoms with Gasteiger partial charge in [-0.05, 0) is 24.3 Å². The number of carbonyl (C=O) groups excluding carboxylic acids is 2. The molecular formula is C13H10N4O5. The van der Waals surface area contributed by atoms with Crippen molar-refractivity contribution in [2.75, 3.05) is 0 Å². The van der Waals surface area contributed by atoms with Crippen LogP contribution in [0.25, 0.3) is 11.3 Å². The lowest BCUT2D eigenvalue weighted by Gasteiger charge is -1.96. The summed E-state index contributed by atoms with van der Waals surface area (Å²) in [5.41, 5.74) is 7.28. The Bertz CT molecular complexity index is 748. The number of nitro groups is 1. The number of carbonyl (C=O) groups is 2. The molecule has 2 rings (SSSR count). The summed E-state index contributed by atoms with van der Waals surface area (Å²) in [5, 5.41) is 14.1. The van der Waals surface area contributed by atoms with Gasteiger partial charge in [0, 0.05) is 17.7 Å². The Labute approximate surface area is 123 Å². The average Bonchev–Trinajstić information content (AvgIpc) is 2.96. The number of non-ortho nitro benzene ring substituents is 1. The molecule has 9 heteroatoms. The summed E-state index contributed by atoms with van der Waals surface area (Å²) in [7, 11) is 0. The summed E-state index contributed by atoms with van der Waals surface area (Å²) in [6, 6.07) is 9.03. The molecule has 1 aromatic carbocycles. The van der Waals surface area contributed by atoms with Gasteiger partial charge in [-0.1, -0.05) is 0 Å². The molecule has 3 N–H and O–H groups in total. The van der Waals surface area contributed by atoms with Gasteiger partial charge in [0.05, 0.1) is 11.1 Å². The molecule has 112 valence electrons. The van der Waals surface area contributed by atoms with Crippen LogP contribution in [0.3, 0.4) is 0 Å². The third kappa shape index (κ3) is 3.54. The maximum atomic E-state index is 10.9. The van der Waals surface area contributed by atoms with Crippen molar-refractivity contribution in [2.24, 2.45) is 10.8 Å². The Balaban J connectivity index is 2.08. The minimum Gasteiger partial charge on any atom is -0.455 e. The van der Waals surface area contributed by atoms with E-state index in [1.54, 1.807) is 24.3 Å². The molecule has 1 heterocycles. The Morgan fingerprint density at radius 3 is 2.50 bits per heavy atom. The number of nitrogens with one attached hydrogen (secondary N) is 1. The second-order valence-corrected chi connectivity index (χ2v) is 4.07. The van der Waals surface area contributed by atoms with Crippen LogP contribution >= 0.6 is 0 Å². The Hall–Kier alpha value is -3.49. The molecule has 9 nitrogen and oxygen atoms in total. The van der Waals surface area contributed by atoms with E-state index >= 15 is 0 Å². The van der Waals surface area contributed by atoms with Gasteiger partial charge < -0.3 is 10.2 Å². The van der Waals surface area contributed by atoms with Crippen molar-refractivity contribution < 1.29 is 18.9 Å². The second kappa shape index (κ2) is 6.31. The predicted octanol–water partition coefficient (Wildman–Crippen LogP) is 0.790. The van der Waals surface area contributed by atoms with Crippen molar-refractivity contribution in [3.8, 4) is 11.3 Å². The van der Waals surface area contributed by atoms with Gasteiger partial charge in [0.1, 0.15) is 11.5 Å². The maximum absolute atomic E-state index is 10.9. The van der Waals surface area contributed by atoms with Crippen molar-refractivity contribution in [1.29, 1.82) is 0 Å².